The fourth-order valence-electron chi connectivity index (χ4n) is 2.43. The molecule has 7 heteroatoms. The van der Waals surface area contributed by atoms with Crippen LogP contribution in [-0.4, -0.2) is 39.0 Å². The van der Waals surface area contributed by atoms with Crippen molar-refractivity contribution in [1.82, 2.24) is 15.5 Å². The number of aliphatic imine (C=N–C) groups is 1. The van der Waals surface area contributed by atoms with Gasteiger partial charge in [-0.25, -0.2) is 4.99 Å². The predicted molar refractivity (Wildman–Crippen MR) is 94.5 cm³/mol. The number of amidine groups is 1. The van der Waals surface area contributed by atoms with Gasteiger partial charge in [0.25, 0.3) is 0 Å². The maximum Gasteiger partial charge on any atom is 0.135 e. The van der Waals surface area contributed by atoms with Crippen LogP contribution in [0.3, 0.4) is 0 Å². The monoisotopic (exact) mass is 324 g/mol. The third kappa shape index (κ3) is 3.21. The number of benzene rings is 1. The number of nitrogens with zero attached hydrogens (tertiary/aromatic N) is 2. The highest BCUT2D eigenvalue weighted by Gasteiger charge is 2.22. The molecule has 3 rings (SSSR count). The van der Waals surface area contributed by atoms with Gasteiger partial charge < -0.3 is 16.2 Å². The third-order valence-electron chi connectivity index (χ3n) is 3.65. The molecule has 1 aliphatic heterocycles. The van der Waals surface area contributed by atoms with Crippen molar-refractivity contribution in [2.75, 3.05) is 6.54 Å². The molecule has 0 aliphatic carbocycles. The van der Waals surface area contributed by atoms with Gasteiger partial charge in [-0.05, 0) is 32.0 Å². The van der Waals surface area contributed by atoms with Crippen LogP contribution in [-0.2, 0) is 0 Å². The van der Waals surface area contributed by atoms with Crippen LogP contribution in [0.25, 0.3) is 11.3 Å². The van der Waals surface area contributed by atoms with Crippen LogP contribution in [0.15, 0.2) is 47.2 Å². The van der Waals surface area contributed by atoms with E-state index < -0.39 is 5.60 Å². The number of rotatable bonds is 4. The van der Waals surface area contributed by atoms with Crippen LogP contribution in [0.1, 0.15) is 19.4 Å². The van der Waals surface area contributed by atoms with Crippen LogP contribution in [0.5, 0.6) is 0 Å². The average molecular weight is 324 g/mol. The minimum atomic E-state index is -0.850. The number of nitrogens with two attached hydrogens (primary N) is 1. The summed E-state index contributed by atoms with van der Waals surface area (Å²) in [5.74, 6) is 0.275. The van der Waals surface area contributed by atoms with Gasteiger partial charge in [0.05, 0.1) is 28.3 Å². The van der Waals surface area contributed by atoms with Gasteiger partial charge in [0.15, 0.2) is 0 Å². The molecule has 0 fully saturated rings. The van der Waals surface area contributed by atoms with E-state index >= 15 is 0 Å². The van der Waals surface area contributed by atoms with Gasteiger partial charge in [-0.3, -0.25) is 10.5 Å². The van der Waals surface area contributed by atoms with E-state index in [1.165, 1.54) is 0 Å². The Morgan fingerprint density at radius 1 is 1.38 bits per heavy atom. The molecule has 0 saturated carbocycles. The lowest BCUT2D eigenvalue weighted by atomic mass is 9.95. The number of nitrogens with one attached hydrogen (secondary N) is 3. The quantitative estimate of drug-likeness (QED) is 0.587. The Hall–Kier alpha value is -2.93. The van der Waals surface area contributed by atoms with E-state index in [0.29, 0.717) is 29.1 Å². The van der Waals surface area contributed by atoms with Crippen molar-refractivity contribution < 1.29 is 5.11 Å². The number of aromatic amines is 1. The van der Waals surface area contributed by atoms with E-state index in [4.69, 9.17) is 11.1 Å². The van der Waals surface area contributed by atoms with E-state index in [2.05, 4.69) is 20.5 Å². The molecule has 6 N–H and O–H groups in total. The molecule has 0 unspecified atom stereocenters. The second kappa shape index (κ2) is 5.93. The average Bonchev–Trinajstić information content (AvgIpc) is 3.03. The summed E-state index contributed by atoms with van der Waals surface area (Å²) in [6.07, 6.45) is 3.31. The summed E-state index contributed by atoms with van der Waals surface area (Å²) >= 11 is 0. The molecule has 1 aromatic heterocycles. The van der Waals surface area contributed by atoms with Crippen LogP contribution >= 0.6 is 0 Å². The summed E-state index contributed by atoms with van der Waals surface area (Å²) in [6, 6.07) is 7.52. The van der Waals surface area contributed by atoms with Crippen LogP contribution in [0.4, 0.5) is 5.69 Å². The molecule has 24 heavy (non-hydrogen) atoms. The summed E-state index contributed by atoms with van der Waals surface area (Å²) in [5.41, 5.74) is 9.17. The Balaban J connectivity index is 1.91. The molecule has 2 aromatic rings. The third-order valence-corrected chi connectivity index (χ3v) is 3.65. The maximum atomic E-state index is 9.74. The highest BCUT2D eigenvalue weighted by atomic mass is 16.3. The van der Waals surface area contributed by atoms with Crippen molar-refractivity contribution in [3.05, 3.63) is 47.8 Å². The summed E-state index contributed by atoms with van der Waals surface area (Å²) in [6.45, 7) is 3.76. The van der Waals surface area contributed by atoms with Crippen molar-refractivity contribution in [2.24, 2.45) is 10.7 Å². The lowest BCUT2D eigenvalue weighted by Crippen LogP contribution is -2.34. The van der Waals surface area contributed by atoms with Gasteiger partial charge in [0.2, 0.25) is 0 Å². The second-order valence-corrected chi connectivity index (χ2v) is 6.33. The van der Waals surface area contributed by atoms with Crippen molar-refractivity contribution in [3.8, 4) is 11.3 Å². The molecule has 1 aromatic carbocycles. The number of H-pyrrole nitrogens is 1. The molecule has 1 aliphatic rings. The van der Waals surface area contributed by atoms with Gasteiger partial charge in [0.1, 0.15) is 5.84 Å². The summed E-state index contributed by atoms with van der Waals surface area (Å²) in [7, 11) is 0. The maximum absolute atomic E-state index is 9.74. The standard InChI is InChI=1S/C17H20N6O/c1-17(2,24)9-20-8-12-15(18)11-4-3-10(13-5-6-21-23-13)7-14(11)22-16(12)19/h3-8,18,20,24H,9H2,1-2H3,(H2,19,22)(H,21,23)/b12-8+,18-15?. The molecule has 0 spiro atoms. The van der Waals surface area contributed by atoms with E-state index in [1.807, 2.05) is 24.3 Å². The van der Waals surface area contributed by atoms with Crippen molar-refractivity contribution >= 4 is 17.2 Å². The zero-order valence-electron chi connectivity index (χ0n) is 13.6. The van der Waals surface area contributed by atoms with Gasteiger partial charge in [-0.2, -0.15) is 5.10 Å². The molecule has 2 heterocycles. The first-order valence-electron chi connectivity index (χ1n) is 7.59. The Bertz CT molecular complexity index is 827. The normalized spacial score (nSPS) is 16.0. The molecular weight excluding hydrogens is 304 g/mol. The molecule has 0 radical (unpaired) electrons. The first-order chi connectivity index (χ1) is 11.3. The minimum absolute atomic E-state index is 0.275. The van der Waals surface area contributed by atoms with E-state index in [-0.39, 0.29) is 5.84 Å². The van der Waals surface area contributed by atoms with E-state index in [0.717, 1.165) is 11.3 Å². The first-order valence-corrected chi connectivity index (χ1v) is 7.59. The van der Waals surface area contributed by atoms with E-state index in [9.17, 15) is 5.11 Å². The van der Waals surface area contributed by atoms with Crippen molar-refractivity contribution in [3.63, 3.8) is 0 Å². The van der Waals surface area contributed by atoms with Crippen molar-refractivity contribution in [2.45, 2.75) is 19.4 Å². The Morgan fingerprint density at radius 3 is 2.83 bits per heavy atom. The molecule has 0 atom stereocenters. The van der Waals surface area contributed by atoms with E-state index in [1.54, 1.807) is 26.2 Å². The van der Waals surface area contributed by atoms with Gasteiger partial charge >= 0.3 is 0 Å². The number of hydrogen-bond acceptors (Lipinski definition) is 6. The topological polar surface area (TPSA) is 123 Å². The van der Waals surface area contributed by atoms with Crippen LogP contribution in [0, 0.1) is 5.41 Å². The molecule has 0 saturated heterocycles. The lowest BCUT2D eigenvalue weighted by Gasteiger charge is -2.20. The van der Waals surface area contributed by atoms with Gasteiger partial charge in [-0.15, -0.1) is 0 Å². The fourth-order valence-corrected chi connectivity index (χ4v) is 2.43. The van der Waals surface area contributed by atoms with Crippen LogP contribution < -0.4 is 11.1 Å². The summed E-state index contributed by atoms with van der Waals surface area (Å²) in [5, 5.41) is 28.0. The van der Waals surface area contributed by atoms with Gasteiger partial charge in [-0.1, -0.05) is 6.07 Å². The zero-order chi connectivity index (χ0) is 17.3. The molecule has 0 amide bonds. The first kappa shape index (κ1) is 15.9. The Labute approximate surface area is 139 Å². The smallest absolute Gasteiger partial charge is 0.135 e. The lowest BCUT2D eigenvalue weighted by molar-refractivity contribution is 0.0835. The molecular formula is C17H20N6O. The highest BCUT2D eigenvalue weighted by Crippen LogP contribution is 2.31. The minimum Gasteiger partial charge on any atom is -0.389 e. The zero-order valence-corrected chi connectivity index (χ0v) is 13.6. The van der Waals surface area contributed by atoms with Gasteiger partial charge in [0, 0.05) is 30.1 Å². The van der Waals surface area contributed by atoms with Crippen molar-refractivity contribution in [1.29, 1.82) is 5.41 Å². The number of fused-ring (bicyclic) bond motifs is 1. The summed E-state index contributed by atoms with van der Waals surface area (Å²) < 4.78 is 0. The number of hydrogen-bond donors (Lipinski definition) is 5. The second-order valence-electron chi connectivity index (χ2n) is 6.33. The molecule has 0 bridgehead atoms. The van der Waals surface area contributed by atoms with Crippen LogP contribution in [0.2, 0.25) is 0 Å². The predicted octanol–water partition coefficient (Wildman–Crippen LogP) is 1.69. The Kier molecular flexibility index (Phi) is 3.94. The largest absolute Gasteiger partial charge is 0.389 e. The molecule has 124 valence electrons. The highest BCUT2D eigenvalue weighted by molar-refractivity contribution is 6.32. The number of aromatic nitrogens is 2. The fraction of sp³-hybridized carbons (Fsp3) is 0.235. The molecule has 7 nitrogen and oxygen atoms in total. The number of aliphatic hydroxyl groups is 1. The Morgan fingerprint density at radius 2 is 2.17 bits per heavy atom. The SMILES string of the molecule is CC(C)(O)CN/C=C1\C(=N)c2ccc(-c3ccn[nH]3)cc2N=C1N. The summed E-state index contributed by atoms with van der Waals surface area (Å²) in [4.78, 5) is 4.41.